The van der Waals surface area contributed by atoms with Gasteiger partial charge in [0.15, 0.2) is 0 Å². The molecule has 0 spiro atoms. The van der Waals surface area contributed by atoms with Crippen LogP contribution in [0.15, 0.2) is 48.7 Å². The van der Waals surface area contributed by atoms with Crippen molar-refractivity contribution in [1.82, 2.24) is 9.55 Å². The molecule has 4 nitrogen and oxygen atoms in total. The van der Waals surface area contributed by atoms with Gasteiger partial charge in [0.2, 0.25) is 0 Å². The largest absolute Gasteiger partial charge is 0.360 e. The van der Waals surface area contributed by atoms with Crippen molar-refractivity contribution < 1.29 is 4.39 Å². The molecule has 1 aliphatic heterocycles. The van der Waals surface area contributed by atoms with Gasteiger partial charge < -0.3 is 9.47 Å². The highest BCUT2D eigenvalue weighted by Crippen LogP contribution is 2.28. The summed E-state index contributed by atoms with van der Waals surface area (Å²) in [6, 6.07) is 14.7. The highest BCUT2D eigenvalue weighted by Gasteiger charge is 2.22. The van der Waals surface area contributed by atoms with Crippen LogP contribution in [0.1, 0.15) is 17.0 Å². The van der Waals surface area contributed by atoms with Crippen LogP contribution in [0.4, 0.5) is 10.1 Å². The summed E-state index contributed by atoms with van der Waals surface area (Å²) in [5.41, 5.74) is 4.06. The van der Waals surface area contributed by atoms with Crippen molar-refractivity contribution in [3.63, 3.8) is 0 Å². The van der Waals surface area contributed by atoms with E-state index >= 15 is 0 Å². The molecule has 2 aromatic carbocycles. The molecule has 0 radical (unpaired) electrons. The van der Waals surface area contributed by atoms with Crippen molar-refractivity contribution in [2.45, 2.75) is 19.0 Å². The number of imidazole rings is 1. The lowest BCUT2D eigenvalue weighted by Crippen LogP contribution is -2.34. The van der Waals surface area contributed by atoms with Crippen LogP contribution in [-0.2, 0) is 19.0 Å². The predicted molar refractivity (Wildman–Crippen MR) is 99.4 cm³/mol. The Kier molecular flexibility index (Phi) is 4.36. The Morgan fingerprint density at radius 2 is 1.96 bits per heavy atom. The van der Waals surface area contributed by atoms with E-state index in [1.165, 1.54) is 6.07 Å². The number of nitrogens with zero attached hydrogens (tertiary/aromatic N) is 4. The van der Waals surface area contributed by atoms with Crippen molar-refractivity contribution in [2.24, 2.45) is 0 Å². The van der Waals surface area contributed by atoms with Crippen LogP contribution in [-0.4, -0.2) is 16.1 Å². The molecule has 0 atom stereocenters. The van der Waals surface area contributed by atoms with Gasteiger partial charge in [0.1, 0.15) is 11.6 Å². The first-order valence-corrected chi connectivity index (χ1v) is 8.87. The number of nitriles is 1. The van der Waals surface area contributed by atoms with E-state index in [0.717, 1.165) is 29.2 Å². The van der Waals surface area contributed by atoms with Gasteiger partial charge in [-0.15, -0.1) is 11.6 Å². The van der Waals surface area contributed by atoms with Crippen molar-refractivity contribution in [1.29, 1.82) is 5.26 Å². The lowest BCUT2D eigenvalue weighted by atomic mass is 10.1. The van der Waals surface area contributed by atoms with Gasteiger partial charge in [-0.25, -0.2) is 9.37 Å². The van der Waals surface area contributed by atoms with E-state index < -0.39 is 0 Å². The maximum Gasteiger partial charge on any atom is 0.147 e. The van der Waals surface area contributed by atoms with Crippen LogP contribution in [0.25, 0.3) is 11.3 Å². The zero-order chi connectivity index (χ0) is 18.1. The SMILES string of the molecule is N#Cc1ccc(N2CCn3c(-c4ccc(CCl)cc4)cnc3C2)c(F)c1. The summed E-state index contributed by atoms with van der Waals surface area (Å²) in [6.07, 6.45) is 1.86. The number of hydrogen-bond donors (Lipinski definition) is 0. The van der Waals surface area contributed by atoms with Gasteiger partial charge >= 0.3 is 0 Å². The number of anilines is 1. The first-order valence-electron chi connectivity index (χ1n) is 8.34. The number of fused-ring (bicyclic) bond motifs is 1. The molecular formula is C20H16ClFN4. The van der Waals surface area contributed by atoms with E-state index in [-0.39, 0.29) is 5.82 Å². The van der Waals surface area contributed by atoms with Gasteiger partial charge in [-0.3, -0.25) is 0 Å². The van der Waals surface area contributed by atoms with Gasteiger partial charge in [0, 0.05) is 19.0 Å². The fourth-order valence-electron chi connectivity index (χ4n) is 3.29. The van der Waals surface area contributed by atoms with E-state index in [2.05, 4.69) is 21.7 Å². The molecular weight excluding hydrogens is 351 g/mol. The van der Waals surface area contributed by atoms with E-state index in [4.69, 9.17) is 16.9 Å². The minimum absolute atomic E-state index is 0.326. The fourth-order valence-corrected chi connectivity index (χ4v) is 3.47. The van der Waals surface area contributed by atoms with Gasteiger partial charge in [-0.1, -0.05) is 24.3 Å². The molecule has 0 aliphatic carbocycles. The Bertz CT molecular complexity index is 988. The summed E-state index contributed by atoms with van der Waals surface area (Å²) in [6.45, 7) is 1.93. The third-order valence-electron chi connectivity index (χ3n) is 4.69. The maximum absolute atomic E-state index is 14.3. The van der Waals surface area contributed by atoms with E-state index in [1.54, 1.807) is 12.1 Å². The van der Waals surface area contributed by atoms with Crippen molar-refractivity contribution in [3.05, 3.63) is 71.4 Å². The van der Waals surface area contributed by atoms with Crippen LogP contribution < -0.4 is 4.90 Å². The Morgan fingerprint density at radius 1 is 1.15 bits per heavy atom. The van der Waals surface area contributed by atoms with Gasteiger partial charge in [0.25, 0.3) is 0 Å². The first kappa shape index (κ1) is 16.6. The van der Waals surface area contributed by atoms with Gasteiger partial charge in [0.05, 0.1) is 35.8 Å². The zero-order valence-electron chi connectivity index (χ0n) is 14.0. The normalized spacial score (nSPS) is 13.3. The van der Waals surface area contributed by atoms with Crippen molar-refractivity contribution in [3.8, 4) is 17.3 Å². The van der Waals surface area contributed by atoms with E-state index in [0.29, 0.717) is 30.2 Å². The molecule has 26 heavy (non-hydrogen) atoms. The Hall–Kier alpha value is -2.84. The first-order chi connectivity index (χ1) is 12.7. The molecule has 0 N–H and O–H groups in total. The quantitative estimate of drug-likeness (QED) is 0.648. The predicted octanol–water partition coefficient (Wildman–Crippen LogP) is 4.32. The highest BCUT2D eigenvalue weighted by atomic mass is 35.5. The average Bonchev–Trinajstić information content (AvgIpc) is 3.11. The molecule has 0 saturated heterocycles. The molecule has 0 unspecified atom stereocenters. The smallest absolute Gasteiger partial charge is 0.147 e. The van der Waals surface area contributed by atoms with Crippen LogP contribution in [0.3, 0.4) is 0 Å². The monoisotopic (exact) mass is 366 g/mol. The number of benzene rings is 2. The lowest BCUT2D eigenvalue weighted by Gasteiger charge is -2.30. The molecule has 1 aliphatic rings. The minimum Gasteiger partial charge on any atom is -0.360 e. The average molecular weight is 367 g/mol. The molecule has 0 fully saturated rings. The molecule has 4 rings (SSSR count). The molecule has 3 aromatic rings. The molecule has 2 heterocycles. The summed E-state index contributed by atoms with van der Waals surface area (Å²) < 4.78 is 16.5. The molecule has 0 bridgehead atoms. The lowest BCUT2D eigenvalue weighted by molar-refractivity contribution is 0.547. The Morgan fingerprint density at radius 3 is 2.65 bits per heavy atom. The van der Waals surface area contributed by atoms with Crippen LogP contribution in [0.2, 0.25) is 0 Å². The molecule has 0 saturated carbocycles. The van der Waals surface area contributed by atoms with E-state index in [9.17, 15) is 4.39 Å². The van der Waals surface area contributed by atoms with Gasteiger partial charge in [-0.2, -0.15) is 5.26 Å². The Balaban J connectivity index is 1.61. The van der Waals surface area contributed by atoms with Crippen LogP contribution in [0, 0.1) is 17.1 Å². The molecule has 130 valence electrons. The van der Waals surface area contributed by atoms with Crippen molar-refractivity contribution >= 4 is 17.3 Å². The second kappa shape index (κ2) is 6.81. The summed E-state index contributed by atoms with van der Waals surface area (Å²) >= 11 is 5.85. The standard InChI is InChI=1S/C20H16ClFN4/c21-10-14-1-4-16(5-2-14)19-12-24-20-13-25(7-8-26(19)20)18-6-3-15(11-23)9-17(18)22/h1-6,9,12H,7-8,10,13H2. The number of alkyl halides is 1. The number of aromatic nitrogens is 2. The zero-order valence-corrected chi connectivity index (χ0v) is 14.7. The maximum atomic E-state index is 14.3. The van der Waals surface area contributed by atoms with Crippen molar-refractivity contribution in [2.75, 3.05) is 11.4 Å². The molecule has 1 aromatic heterocycles. The number of rotatable bonds is 3. The molecule has 0 amide bonds. The summed E-state index contributed by atoms with van der Waals surface area (Å²) in [5, 5.41) is 8.89. The second-order valence-corrected chi connectivity index (χ2v) is 6.51. The topological polar surface area (TPSA) is 44.9 Å². The fraction of sp³-hybridized carbons (Fsp3) is 0.200. The third kappa shape index (κ3) is 2.93. The summed E-state index contributed by atoms with van der Waals surface area (Å²) in [4.78, 5) is 6.49. The van der Waals surface area contributed by atoms with Crippen LogP contribution >= 0.6 is 11.6 Å². The number of hydrogen-bond acceptors (Lipinski definition) is 3. The van der Waals surface area contributed by atoms with Crippen LogP contribution in [0.5, 0.6) is 0 Å². The minimum atomic E-state index is -0.374. The summed E-state index contributed by atoms with van der Waals surface area (Å²) in [5.74, 6) is 1.02. The summed E-state index contributed by atoms with van der Waals surface area (Å²) in [7, 11) is 0. The van der Waals surface area contributed by atoms with Gasteiger partial charge in [-0.05, 0) is 29.3 Å². The van der Waals surface area contributed by atoms with E-state index in [1.807, 2.05) is 29.3 Å². The third-order valence-corrected chi connectivity index (χ3v) is 4.99. The highest BCUT2D eigenvalue weighted by molar-refractivity contribution is 6.17. The Labute approximate surface area is 156 Å². The number of halogens is 2. The second-order valence-electron chi connectivity index (χ2n) is 6.24. The molecule has 6 heteroatoms.